The minimum atomic E-state index is -0.995. The van der Waals surface area contributed by atoms with E-state index in [1.807, 2.05) is 15.7 Å². The van der Waals surface area contributed by atoms with Gasteiger partial charge in [-0.2, -0.15) is 0 Å². The molecule has 0 unspecified atom stereocenters. The van der Waals surface area contributed by atoms with Crippen LogP contribution in [0.25, 0.3) is 0 Å². The lowest BCUT2D eigenvalue weighted by Gasteiger charge is -2.26. The second-order valence-electron chi connectivity index (χ2n) is 4.80. The molecule has 0 amide bonds. The summed E-state index contributed by atoms with van der Waals surface area (Å²) in [6.45, 7) is 2.28. The van der Waals surface area contributed by atoms with Crippen LogP contribution in [-0.2, 0) is 13.1 Å². The zero-order chi connectivity index (χ0) is 14.1. The van der Waals surface area contributed by atoms with E-state index in [-0.39, 0.29) is 17.9 Å². The summed E-state index contributed by atoms with van der Waals surface area (Å²) in [5, 5.41) is 0. The van der Waals surface area contributed by atoms with E-state index in [1.165, 1.54) is 6.07 Å². The molecule has 0 atom stereocenters. The minimum absolute atomic E-state index is 0.179. The maximum atomic E-state index is 13.1. The molecule has 0 bridgehead atoms. The van der Waals surface area contributed by atoms with E-state index in [1.54, 1.807) is 6.20 Å². The summed E-state index contributed by atoms with van der Waals surface area (Å²) in [5.41, 5.74) is 0.192. The summed E-state index contributed by atoms with van der Waals surface area (Å²) in [6, 6.07) is 3.24. The summed E-state index contributed by atoms with van der Waals surface area (Å²) in [4.78, 5) is 18.2. The van der Waals surface area contributed by atoms with Crippen LogP contribution in [0, 0.1) is 11.6 Å². The van der Waals surface area contributed by atoms with E-state index in [4.69, 9.17) is 0 Å². The van der Waals surface area contributed by atoms with Gasteiger partial charge < -0.3 is 4.57 Å². The summed E-state index contributed by atoms with van der Waals surface area (Å²) in [6.07, 6.45) is 3.64. The number of carbonyl (C=O) groups is 1. The molecule has 2 aromatic rings. The molecule has 0 radical (unpaired) electrons. The van der Waals surface area contributed by atoms with Crippen LogP contribution >= 0.6 is 0 Å². The fourth-order valence-electron chi connectivity index (χ4n) is 2.32. The number of aromatic nitrogens is 2. The van der Waals surface area contributed by atoms with Crippen LogP contribution in [0.1, 0.15) is 16.2 Å². The number of ketones is 1. The lowest BCUT2D eigenvalue weighted by atomic mass is 10.1. The third kappa shape index (κ3) is 2.46. The van der Waals surface area contributed by atoms with Crippen molar-refractivity contribution in [3.05, 3.63) is 53.6 Å². The molecule has 20 heavy (non-hydrogen) atoms. The Labute approximate surface area is 114 Å². The van der Waals surface area contributed by atoms with Gasteiger partial charge in [-0.25, -0.2) is 13.8 Å². The third-order valence-corrected chi connectivity index (χ3v) is 3.43. The smallest absolute Gasteiger partial charge is 0.176 e. The first-order valence-corrected chi connectivity index (χ1v) is 6.34. The molecule has 0 spiro atoms. The highest BCUT2D eigenvalue weighted by Gasteiger charge is 2.20. The van der Waals surface area contributed by atoms with Gasteiger partial charge in [-0.05, 0) is 18.2 Å². The number of carbonyl (C=O) groups excluding carboxylic acids is 1. The van der Waals surface area contributed by atoms with Crippen molar-refractivity contribution in [1.29, 1.82) is 0 Å². The number of halogens is 2. The largest absolute Gasteiger partial charge is 0.333 e. The van der Waals surface area contributed by atoms with Crippen molar-refractivity contribution < 1.29 is 13.6 Å². The van der Waals surface area contributed by atoms with Crippen molar-refractivity contribution >= 4 is 5.78 Å². The lowest BCUT2D eigenvalue weighted by molar-refractivity contribution is 0.0907. The number of imidazole rings is 1. The fraction of sp³-hybridized carbons (Fsp3) is 0.286. The van der Waals surface area contributed by atoms with E-state index in [2.05, 4.69) is 4.98 Å². The molecule has 1 aromatic heterocycles. The zero-order valence-electron chi connectivity index (χ0n) is 10.7. The van der Waals surface area contributed by atoms with Gasteiger partial charge in [0.1, 0.15) is 5.82 Å². The van der Waals surface area contributed by atoms with Gasteiger partial charge in [0.15, 0.2) is 17.4 Å². The van der Waals surface area contributed by atoms with Gasteiger partial charge in [-0.3, -0.25) is 9.69 Å². The summed E-state index contributed by atoms with van der Waals surface area (Å²) in [7, 11) is 0. The van der Waals surface area contributed by atoms with Gasteiger partial charge in [-0.1, -0.05) is 0 Å². The van der Waals surface area contributed by atoms with Crippen molar-refractivity contribution in [1.82, 2.24) is 14.5 Å². The molecule has 6 heteroatoms. The lowest BCUT2D eigenvalue weighted by Crippen LogP contribution is -2.37. The van der Waals surface area contributed by atoms with E-state index in [0.29, 0.717) is 6.54 Å². The van der Waals surface area contributed by atoms with E-state index < -0.39 is 11.6 Å². The molecule has 104 valence electrons. The Hall–Kier alpha value is -2.08. The predicted octanol–water partition coefficient (Wildman–Crippen LogP) is 1.86. The number of fused-ring (bicyclic) bond motifs is 1. The van der Waals surface area contributed by atoms with Crippen molar-refractivity contribution in [3.63, 3.8) is 0 Å². The number of nitrogens with zero attached hydrogens (tertiary/aromatic N) is 3. The van der Waals surface area contributed by atoms with Gasteiger partial charge in [0.05, 0.1) is 13.1 Å². The maximum absolute atomic E-state index is 13.1. The second-order valence-corrected chi connectivity index (χ2v) is 4.80. The van der Waals surface area contributed by atoms with Crippen LogP contribution < -0.4 is 0 Å². The van der Waals surface area contributed by atoms with E-state index in [0.717, 1.165) is 31.0 Å². The monoisotopic (exact) mass is 277 g/mol. The van der Waals surface area contributed by atoms with Gasteiger partial charge in [0.25, 0.3) is 0 Å². The van der Waals surface area contributed by atoms with E-state index >= 15 is 0 Å². The Bertz CT molecular complexity index is 654. The second kappa shape index (κ2) is 5.13. The fourth-order valence-corrected chi connectivity index (χ4v) is 2.32. The van der Waals surface area contributed by atoms with Crippen molar-refractivity contribution in [2.24, 2.45) is 0 Å². The molecule has 0 aliphatic carbocycles. The van der Waals surface area contributed by atoms with Crippen LogP contribution in [0.5, 0.6) is 0 Å². The van der Waals surface area contributed by atoms with Crippen molar-refractivity contribution in [2.75, 3.05) is 13.1 Å². The molecule has 4 nitrogen and oxygen atoms in total. The summed E-state index contributed by atoms with van der Waals surface area (Å²) < 4.78 is 28.0. The minimum Gasteiger partial charge on any atom is -0.333 e. The van der Waals surface area contributed by atoms with Gasteiger partial charge in [0.2, 0.25) is 0 Å². The first kappa shape index (κ1) is 12.9. The molecule has 3 rings (SSSR count). The van der Waals surface area contributed by atoms with E-state index in [9.17, 15) is 13.6 Å². The quantitative estimate of drug-likeness (QED) is 0.804. The molecular weight excluding hydrogens is 264 g/mol. The van der Waals surface area contributed by atoms with Gasteiger partial charge >= 0.3 is 0 Å². The topological polar surface area (TPSA) is 38.1 Å². The van der Waals surface area contributed by atoms with Gasteiger partial charge in [0, 0.05) is 31.0 Å². The Balaban J connectivity index is 1.69. The number of benzene rings is 1. The van der Waals surface area contributed by atoms with Crippen LogP contribution in [0.2, 0.25) is 0 Å². The molecule has 1 aliphatic rings. The molecule has 0 fully saturated rings. The maximum Gasteiger partial charge on any atom is 0.176 e. The molecule has 0 saturated heterocycles. The summed E-state index contributed by atoms with van der Waals surface area (Å²) in [5.74, 6) is -1.25. The number of Topliss-reactive ketones (excluding diaryl/α,β-unsaturated/α-hetero) is 1. The Morgan fingerprint density at radius 3 is 2.90 bits per heavy atom. The van der Waals surface area contributed by atoms with Crippen LogP contribution in [0.15, 0.2) is 30.6 Å². The predicted molar refractivity (Wildman–Crippen MR) is 68.2 cm³/mol. The van der Waals surface area contributed by atoms with Crippen LogP contribution in [0.4, 0.5) is 8.78 Å². The van der Waals surface area contributed by atoms with Crippen molar-refractivity contribution in [3.8, 4) is 0 Å². The number of rotatable bonds is 3. The highest BCUT2D eigenvalue weighted by Crippen LogP contribution is 2.13. The Morgan fingerprint density at radius 2 is 2.10 bits per heavy atom. The number of hydrogen-bond acceptors (Lipinski definition) is 3. The average molecular weight is 277 g/mol. The molecule has 2 heterocycles. The Morgan fingerprint density at radius 1 is 1.25 bits per heavy atom. The highest BCUT2D eigenvalue weighted by atomic mass is 19.2. The normalized spacial score (nSPS) is 15.1. The number of hydrogen-bond donors (Lipinski definition) is 0. The molecule has 1 aromatic carbocycles. The van der Waals surface area contributed by atoms with Gasteiger partial charge in [-0.15, -0.1) is 0 Å². The molecular formula is C14H13F2N3O. The average Bonchev–Trinajstić information content (AvgIpc) is 2.89. The zero-order valence-corrected chi connectivity index (χ0v) is 10.7. The van der Waals surface area contributed by atoms with Crippen molar-refractivity contribution in [2.45, 2.75) is 13.1 Å². The highest BCUT2D eigenvalue weighted by molar-refractivity contribution is 5.97. The van der Waals surface area contributed by atoms with Crippen LogP contribution in [0.3, 0.4) is 0 Å². The SMILES string of the molecule is O=C(CN1CCn2ccnc2C1)c1ccc(F)c(F)c1. The first-order chi connectivity index (χ1) is 9.63. The molecule has 1 aliphatic heterocycles. The Kier molecular flexibility index (Phi) is 3.31. The van der Waals surface area contributed by atoms with Crippen LogP contribution in [-0.4, -0.2) is 33.3 Å². The molecule has 0 saturated carbocycles. The summed E-state index contributed by atoms with van der Waals surface area (Å²) >= 11 is 0. The first-order valence-electron chi connectivity index (χ1n) is 6.34. The molecule has 0 N–H and O–H groups in total. The third-order valence-electron chi connectivity index (χ3n) is 3.43. The standard InChI is InChI=1S/C14H13F2N3O/c15-11-2-1-10(7-12(11)16)13(20)8-18-5-6-19-4-3-17-14(19)9-18/h1-4,7H,5-6,8-9H2.